The van der Waals surface area contributed by atoms with Crippen LogP contribution in [0.4, 0.5) is 13.2 Å². The van der Waals surface area contributed by atoms with E-state index in [4.69, 9.17) is 0 Å². The van der Waals surface area contributed by atoms with Crippen LogP contribution in [0.25, 0.3) is 0 Å². The maximum absolute atomic E-state index is 13.4. The van der Waals surface area contributed by atoms with Crippen LogP contribution < -0.4 is 0 Å². The number of Topliss-reactive ketones (excluding diaryl/α,β-unsaturated/α-hetero) is 1. The van der Waals surface area contributed by atoms with Gasteiger partial charge in [-0.15, -0.1) is 0 Å². The van der Waals surface area contributed by atoms with Gasteiger partial charge in [0.2, 0.25) is 5.78 Å². The van der Waals surface area contributed by atoms with E-state index in [-0.39, 0.29) is 18.2 Å². The molecule has 0 N–H and O–H groups in total. The maximum Gasteiger partial charge on any atom is 0.302 e. The first kappa shape index (κ1) is 13.7. The van der Waals surface area contributed by atoms with Crippen LogP contribution >= 0.6 is 0 Å². The van der Waals surface area contributed by atoms with Gasteiger partial charge in [0.05, 0.1) is 0 Å². The molecule has 17 heavy (non-hydrogen) atoms. The summed E-state index contributed by atoms with van der Waals surface area (Å²) < 4.78 is 38.8. The van der Waals surface area contributed by atoms with E-state index in [2.05, 4.69) is 0 Å². The standard InChI is InChI=1S/C13H15F3O/c1-8(2)10-6-9(4-5-11(10)14)7-12(17)13(3,15)16/h4-6,8H,7H2,1-3H3. The lowest BCUT2D eigenvalue weighted by atomic mass is 9.97. The Hall–Kier alpha value is -1.32. The summed E-state index contributed by atoms with van der Waals surface area (Å²) in [7, 11) is 0. The molecule has 0 atom stereocenters. The lowest BCUT2D eigenvalue weighted by molar-refractivity contribution is -0.139. The minimum Gasteiger partial charge on any atom is -0.293 e. The minimum atomic E-state index is -3.34. The highest BCUT2D eigenvalue weighted by molar-refractivity contribution is 5.87. The van der Waals surface area contributed by atoms with E-state index in [1.54, 1.807) is 13.8 Å². The molecule has 0 aromatic heterocycles. The fourth-order valence-corrected chi connectivity index (χ4v) is 1.49. The zero-order valence-electron chi connectivity index (χ0n) is 10.1. The number of carbonyl (C=O) groups excluding carboxylic acids is 1. The zero-order valence-corrected chi connectivity index (χ0v) is 10.1. The van der Waals surface area contributed by atoms with Gasteiger partial charge in [-0.3, -0.25) is 4.79 Å². The van der Waals surface area contributed by atoms with Gasteiger partial charge in [0.25, 0.3) is 0 Å². The van der Waals surface area contributed by atoms with Gasteiger partial charge in [-0.05, 0) is 23.1 Å². The molecule has 0 aliphatic heterocycles. The Kier molecular flexibility index (Phi) is 3.96. The third kappa shape index (κ3) is 3.58. The summed E-state index contributed by atoms with van der Waals surface area (Å²) in [6, 6.07) is 4.06. The largest absolute Gasteiger partial charge is 0.302 e. The van der Waals surface area contributed by atoms with Crippen molar-refractivity contribution >= 4 is 5.78 Å². The number of halogens is 3. The van der Waals surface area contributed by atoms with Crippen LogP contribution in [0, 0.1) is 5.82 Å². The molecule has 0 aliphatic rings. The molecule has 0 radical (unpaired) electrons. The van der Waals surface area contributed by atoms with Crippen molar-refractivity contribution in [3.8, 4) is 0 Å². The van der Waals surface area contributed by atoms with E-state index in [1.165, 1.54) is 18.2 Å². The molecule has 0 aliphatic carbocycles. The summed E-state index contributed by atoms with van der Waals surface area (Å²) in [4.78, 5) is 11.2. The van der Waals surface area contributed by atoms with Crippen molar-refractivity contribution in [1.29, 1.82) is 0 Å². The van der Waals surface area contributed by atoms with E-state index in [0.29, 0.717) is 18.1 Å². The first-order chi connectivity index (χ1) is 7.71. The van der Waals surface area contributed by atoms with Gasteiger partial charge in [-0.2, -0.15) is 8.78 Å². The molecule has 0 bridgehead atoms. The van der Waals surface area contributed by atoms with Crippen LogP contribution in [0.5, 0.6) is 0 Å². The van der Waals surface area contributed by atoms with Gasteiger partial charge in [-0.1, -0.05) is 26.0 Å². The van der Waals surface area contributed by atoms with Crippen LogP contribution in [0.2, 0.25) is 0 Å². The molecule has 0 fully saturated rings. The number of hydrogen-bond acceptors (Lipinski definition) is 1. The smallest absolute Gasteiger partial charge is 0.293 e. The molecule has 4 heteroatoms. The number of hydrogen-bond donors (Lipinski definition) is 0. The molecule has 0 heterocycles. The average molecular weight is 244 g/mol. The first-order valence-electron chi connectivity index (χ1n) is 5.41. The molecule has 94 valence electrons. The Bertz CT molecular complexity index is 419. The predicted octanol–water partition coefficient (Wildman–Crippen LogP) is 3.72. The van der Waals surface area contributed by atoms with Crippen molar-refractivity contribution in [2.24, 2.45) is 0 Å². The molecular weight excluding hydrogens is 229 g/mol. The first-order valence-corrected chi connectivity index (χ1v) is 5.41. The van der Waals surface area contributed by atoms with Crippen molar-refractivity contribution in [3.63, 3.8) is 0 Å². The second-order valence-corrected chi connectivity index (χ2v) is 4.50. The molecule has 0 unspecified atom stereocenters. The molecule has 0 saturated carbocycles. The fourth-order valence-electron chi connectivity index (χ4n) is 1.49. The van der Waals surface area contributed by atoms with Gasteiger partial charge in [0.15, 0.2) is 0 Å². The van der Waals surface area contributed by atoms with Crippen molar-refractivity contribution < 1.29 is 18.0 Å². The van der Waals surface area contributed by atoms with Gasteiger partial charge in [0.1, 0.15) is 5.82 Å². The summed E-state index contributed by atoms with van der Waals surface area (Å²) in [6.45, 7) is 4.18. The highest BCUT2D eigenvalue weighted by atomic mass is 19.3. The maximum atomic E-state index is 13.4. The molecule has 0 amide bonds. The lowest BCUT2D eigenvalue weighted by Gasteiger charge is -2.11. The Morgan fingerprint density at radius 1 is 1.35 bits per heavy atom. The summed E-state index contributed by atoms with van der Waals surface area (Å²) in [5.41, 5.74) is 0.858. The molecule has 0 saturated heterocycles. The summed E-state index contributed by atoms with van der Waals surface area (Å²) in [5.74, 6) is -4.92. The summed E-state index contributed by atoms with van der Waals surface area (Å²) >= 11 is 0. The molecule has 1 aromatic carbocycles. The van der Waals surface area contributed by atoms with E-state index < -0.39 is 11.7 Å². The number of alkyl halides is 2. The highest BCUT2D eigenvalue weighted by Gasteiger charge is 2.31. The molecule has 1 rings (SSSR count). The average Bonchev–Trinajstić information content (AvgIpc) is 2.19. The van der Waals surface area contributed by atoms with E-state index in [0.717, 1.165) is 0 Å². The van der Waals surface area contributed by atoms with Gasteiger partial charge in [0, 0.05) is 13.3 Å². The zero-order chi connectivity index (χ0) is 13.2. The lowest BCUT2D eigenvalue weighted by Crippen LogP contribution is -2.26. The molecular formula is C13H15F3O. The van der Waals surface area contributed by atoms with Gasteiger partial charge in [-0.25, -0.2) is 4.39 Å². The van der Waals surface area contributed by atoms with Crippen LogP contribution in [-0.4, -0.2) is 11.7 Å². The molecule has 1 aromatic rings. The second kappa shape index (κ2) is 4.90. The van der Waals surface area contributed by atoms with Crippen molar-refractivity contribution in [1.82, 2.24) is 0 Å². The Morgan fingerprint density at radius 2 is 1.94 bits per heavy atom. The van der Waals surface area contributed by atoms with Crippen molar-refractivity contribution in [3.05, 3.63) is 35.1 Å². The van der Waals surface area contributed by atoms with Gasteiger partial charge >= 0.3 is 5.92 Å². The quantitative estimate of drug-likeness (QED) is 0.789. The highest BCUT2D eigenvalue weighted by Crippen LogP contribution is 2.22. The monoisotopic (exact) mass is 244 g/mol. The normalized spacial score (nSPS) is 11.9. The van der Waals surface area contributed by atoms with E-state index in [9.17, 15) is 18.0 Å². The third-order valence-electron chi connectivity index (χ3n) is 2.54. The molecule has 0 spiro atoms. The second-order valence-electron chi connectivity index (χ2n) is 4.50. The SMILES string of the molecule is CC(C)c1cc(CC(=O)C(C)(F)F)ccc1F. The number of rotatable bonds is 4. The van der Waals surface area contributed by atoms with Crippen molar-refractivity contribution in [2.75, 3.05) is 0 Å². The summed E-state index contributed by atoms with van der Waals surface area (Å²) in [5, 5.41) is 0. The van der Waals surface area contributed by atoms with Crippen LogP contribution in [0.15, 0.2) is 18.2 Å². The van der Waals surface area contributed by atoms with Crippen LogP contribution in [0.1, 0.15) is 37.8 Å². The van der Waals surface area contributed by atoms with Crippen molar-refractivity contribution in [2.45, 2.75) is 39.0 Å². The van der Waals surface area contributed by atoms with E-state index >= 15 is 0 Å². The predicted molar refractivity (Wildman–Crippen MR) is 59.8 cm³/mol. The topological polar surface area (TPSA) is 17.1 Å². The third-order valence-corrected chi connectivity index (χ3v) is 2.54. The Balaban J connectivity index is 2.94. The Labute approximate surface area is 98.6 Å². The van der Waals surface area contributed by atoms with Crippen LogP contribution in [-0.2, 0) is 11.2 Å². The van der Waals surface area contributed by atoms with E-state index in [1.807, 2.05) is 0 Å². The number of benzene rings is 1. The summed E-state index contributed by atoms with van der Waals surface area (Å²) in [6.07, 6.45) is -0.372. The fraction of sp³-hybridized carbons (Fsp3) is 0.462. The number of carbonyl (C=O) groups is 1. The number of ketones is 1. The van der Waals surface area contributed by atoms with Crippen LogP contribution in [0.3, 0.4) is 0 Å². The van der Waals surface area contributed by atoms with Gasteiger partial charge < -0.3 is 0 Å². The molecule has 1 nitrogen and oxygen atoms in total. The Morgan fingerprint density at radius 3 is 2.41 bits per heavy atom. The minimum absolute atomic E-state index is 0.0489.